The van der Waals surface area contributed by atoms with Crippen LogP contribution in [0.4, 0.5) is 11.8 Å². The lowest BCUT2D eigenvalue weighted by Gasteiger charge is -2.35. The van der Waals surface area contributed by atoms with Gasteiger partial charge >= 0.3 is 0 Å². The first-order chi connectivity index (χ1) is 8.78. The van der Waals surface area contributed by atoms with Gasteiger partial charge in [0.25, 0.3) is 0 Å². The summed E-state index contributed by atoms with van der Waals surface area (Å²) in [4.78, 5) is 8.15. The molecule has 0 unspecified atom stereocenters. The number of aliphatic hydroxyl groups excluding tert-OH is 1. The van der Waals surface area contributed by atoms with Crippen LogP contribution in [0, 0.1) is 5.41 Å². The van der Waals surface area contributed by atoms with Gasteiger partial charge in [-0.25, -0.2) is 10.8 Å². The predicted molar refractivity (Wildman–Crippen MR) is 70.9 cm³/mol. The predicted octanol–water partition coefficient (Wildman–Crippen LogP) is 1.12. The van der Waals surface area contributed by atoms with Crippen LogP contribution in [-0.2, 0) is 0 Å². The molecule has 0 aromatic carbocycles. The zero-order valence-electron chi connectivity index (χ0n) is 10.5. The van der Waals surface area contributed by atoms with Crippen LogP contribution in [0.3, 0.4) is 0 Å². The summed E-state index contributed by atoms with van der Waals surface area (Å²) >= 11 is 0. The van der Waals surface area contributed by atoms with Gasteiger partial charge in [-0.15, -0.1) is 0 Å². The molecule has 5 N–H and O–H groups in total. The van der Waals surface area contributed by atoms with Crippen LogP contribution in [0.2, 0.25) is 0 Å². The number of nitrogens with one attached hydrogen (secondary N) is 2. The zero-order valence-corrected chi connectivity index (χ0v) is 10.5. The fraction of sp³-hybridized carbons (Fsp3) is 0.667. The number of rotatable bonds is 5. The van der Waals surface area contributed by atoms with Crippen molar-refractivity contribution in [3.8, 4) is 0 Å². The quantitative estimate of drug-likeness (QED) is 0.462. The zero-order chi connectivity index (χ0) is 12.8. The Morgan fingerprint density at radius 2 is 2.11 bits per heavy atom. The molecule has 1 fully saturated rings. The van der Waals surface area contributed by atoms with Gasteiger partial charge in [0.1, 0.15) is 5.82 Å². The van der Waals surface area contributed by atoms with E-state index in [1.165, 1.54) is 19.3 Å². The number of aliphatic hydroxyl groups is 1. The standard InChI is InChI=1S/C12H21N5O/c13-17-11-14-7-4-10(16-11)15-8-12(9-18)5-2-1-3-6-12/h4,7,18H,1-3,5-6,8-9,13H2,(H2,14,15,16,17). The Morgan fingerprint density at radius 1 is 1.33 bits per heavy atom. The minimum atomic E-state index is -0.000490. The minimum absolute atomic E-state index is 0.000490. The van der Waals surface area contributed by atoms with Gasteiger partial charge in [0.05, 0.1) is 6.61 Å². The second kappa shape index (κ2) is 5.97. The lowest BCUT2D eigenvalue weighted by Crippen LogP contribution is -2.35. The van der Waals surface area contributed by atoms with Crippen molar-refractivity contribution in [3.63, 3.8) is 0 Å². The van der Waals surface area contributed by atoms with E-state index in [0.29, 0.717) is 5.95 Å². The number of hydrogen-bond acceptors (Lipinski definition) is 6. The summed E-state index contributed by atoms with van der Waals surface area (Å²) in [6.45, 7) is 0.970. The summed E-state index contributed by atoms with van der Waals surface area (Å²) in [6.07, 6.45) is 7.46. The average Bonchev–Trinajstić information content (AvgIpc) is 2.46. The van der Waals surface area contributed by atoms with Crippen molar-refractivity contribution in [1.29, 1.82) is 0 Å². The van der Waals surface area contributed by atoms with Gasteiger partial charge in [-0.1, -0.05) is 19.3 Å². The second-order valence-electron chi connectivity index (χ2n) is 4.98. The van der Waals surface area contributed by atoms with Crippen LogP contribution < -0.4 is 16.6 Å². The molecule has 0 amide bonds. The van der Waals surface area contributed by atoms with Crippen molar-refractivity contribution in [3.05, 3.63) is 12.3 Å². The molecule has 1 aliphatic carbocycles. The summed E-state index contributed by atoms with van der Waals surface area (Å²) < 4.78 is 0. The first-order valence-corrected chi connectivity index (χ1v) is 6.42. The van der Waals surface area contributed by atoms with Crippen LogP contribution >= 0.6 is 0 Å². The molecule has 0 aliphatic heterocycles. The Hall–Kier alpha value is -1.40. The molecule has 2 rings (SSSR count). The highest BCUT2D eigenvalue weighted by Gasteiger charge is 2.31. The molecule has 1 aromatic heterocycles. The number of anilines is 2. The SMILES string of the molecule is NNc1nccc(NCC2(CO)CCCCC2)n1. The van der Waals surface area contributed by atoms with Gasteiger partial charge < -0.3 is 10.4 Å². The summed E-state index contributed by atoms with van der Waals surface area (Å²) in [6, 6.07) is 1.80. The van der Waals surface area contributed by atoms with Crippen LogP contribution in [0.5, 0.6) is 0 Å². The van der Waals surface area contributed by atoms with E-state index in [1.54, 1.807) is 12.3 Å². The van der Waals surface area contributed by atoms with Crippen LogP contribution in [0.25, 0.3) is 0 Å². The van der Waals surface area contributed by atoms with E-state index in [9.17, 15) is 5.11 Å². The molecule has 6 nitrogen and oxygen atoms in total. The fourth-order valence-corrected chi connectivity index (χ4v) is 2.50. The summed E-state index contributed by atoms with van der Waals surface area (Å²) in [5, 5.41) is 12.9. The van der Waals surface area contributed by atoms with Gasteiger partial charge in [-0.05, 0) is 18.9 Å². The molecule has 18 heavy (non-hydrogen) atoms. The molecule has 0 atom stereocenters. The van der Waals surface area contributed by atoms with Crippen LogP contribution in [0.15, 0.2) is 12.3 Å². The second-order valence-corrected chi connectivity index (χ2v) is 4.98. The Balaban J connectivity index is 1.96. The van der Waals surface area contributed by atoms with Crippen LogP contribution in [0.1, 0.15) is 32.1 Å². The van der Waals surface area contributed by atoms with E-state index in [4.69, 9.17) is 5.84 Å². The Kier molecular flexibility index (Phi) is 4.33. The maximum atomic E-state index is 9.62. The Bertz CT molecular complexity index is 378. The average molecular weight is 251 g/mol. The highest BCUT2D eigenvalue weighted by molar-refractivity contribution is 5.39. The summed E-state index contributed by atoms with van der Waals surface area (Å²) in [5.74, 6) is 6.39. The number of hydrogen-bond donors (Lipinski definition) is 4. The number of aromatic nitrogens is 2. The van der Waals surface area contributed by atoms with Gasteiger partial charge in [-0.3, -0.25) is 5.43 Å². The largest absolute Gasteiger partial charge is 0.396 e. The molecule has 1 aliphatic rings. The lowest BCUT2D eigenvalue weighted by atomic mass is 9.74. The van der Waals surface area contributed by atoms with E-state index in [-0.39, 0.29) is 12.0 Å². The van der Waals surface area contributed by atoms with Crippen molar-refractivity contribution in [2.75, 3.05) is 23.9 Å². The molecular weight excluding hydrogens is 230 g/mol. The van der Waals surface area contributed by atoms with Crippen molar-refractivity contribution in [2.24, 2.45) is 11.3 Å². The number of nitrogens with two attached hydrogens (primary N) is 1. The molecule has 0 bridgehead atoms. The Morgan fingerprint density at radius 3 is 2.78 bits per heavy atom. The maximum absolute atomic E-state index is 9.62. The topological polar surface area (TPSA) is 96.1 Å². The third-order valence-corrected chi connectivity index (χ3v) is 3.68. The normalized spacial score (nSPS) is 18.3. The number of nitrogen functional groups attached to an aromatic ring is 1. The molecule has 0 saturated heterocycles. The van der Waals surface area contributed by atoms with Gasteiger partial charge in [0.2, 0.25) is 5.95 Å². The molecular formula is C12H21N5O. The van der Waals surface area contributed by atoms with Gasteiger partial charge in [0.15, 0.2) is 0 Å². The molecule has 6 heteroatoms. The van der Waals surface area contributed by atoms with Gasteiger partial charge in [-0.2, -0.15) is 4.98 Å². The van der Waals surface area contributed by atoms with E-state index in [2.05, 4.69) is 20.7 Å². The van der Waals surface area contributed by atoms with Crippen molar-refractivity contribution < 1.29 is 5.11 Å². The highest BCUT2D eigenvalue weighted by Crippen LogP contribution is 2.35. The Labute approximate surface area is 107 Å². The molecule has 1 heterocycles. The third kappa shape index (κ3) is 3.08. The van der Waals surface area contributed by atoms with E-state index >= 15 is 0 Å². The molecule has 1 aromatic rings. The smallest absolute Gasteiger partial charge is 0.239 e. The minimum Gasteiger partial charge on any atom is -0.396 e. The molecule has 100 valence electrons. The first kappa shape index (κ1) is 13.0. The number of nitrogens with zero attached hydrogens (tertiary/aromatic N) is 2. The monoisotopic (exact) mass is 251 g/mol. The van der Waals surface area contributed by atoms with E-state index in [1.807, 2.05) is 0 Å². The maximum Gasteiger partial charge on any atom is 0.239 e. The van der Waals surface area contributed by atoms with Crippen molar-refractivity contribution in [1.82, 2.24) is 9.97 Å². The summed E-state index contributed by atoms with van der Waals surface area (Å²) in [5.41, 5.74) is 2.42. The lowest BCUT2D eigenvalue weighted by molar-refractivity contribution is 0.0943. The van der Waals surface area contributed by atoms with E-state index in [0.717, 1.165) is 25.2 Å². The third-order valence-electron chi connectivity index (χ3n) is 3.68. The highest BCUT2D eigenvalue weighted by atomic mass is 16.3. The molecule has 0 spiro atoms. The van der Waals surface area contributed by atoms with Gasteiger partial charge in [0, 0.05) is 18.2 Å². The number of hydrazine groups is 1. The molecule has 1 saturated carbocycles. The fourth-order valence-electron chi connectivity index (χ4n) is 2.50. The van der Waals surface area contributed by atoms with Crippen LogP contribution in [-0.4, -0.2) is 28.2 Å². The van der Waals surface area contributed by atoms with E-state index < -0.39 is 0 Å². The van der Waals surface area contributed by atoms with Crippen molar-refractivity contribution >= 4 is 11.8 Å². The van der Waals surface area contributed by atoms with Crippen molar-refractivity contribution in [2.45, 2.75) is 32.1 Å². The summed E-state index contributed by atoms with van der Waals surface area (Å²) in [7, 11) is 0. The first-order valence-electron chi connectivity index (χ1n) is 6.42. The molecule has 0 radical (unpaired) electrons.